The molecule has 0 bridgehead atoms. The van der Waals surface area contributed by atoms with Crippen LogP contribution in [0.5, 0.6) is 5.75 Å². The van der Waals surface area contributed by atoms with Crippen LogP contribution in [-0.2, 0) is 9.59 Å². The van der Waals surface area contributed by atoms with E-state index < -0.39 is 5.91 Å². The molecule has 0 atom stereocenters. The molecule has 1 aliphatic heterocycles. The van der Waals surface area contributed by atoms with Gasteiger partial charge in [0.2, 0.25) is 0 Å². The number of aromatic hydroxyl groups is 1. The summed E-state index contributed by atoms with van der Waals surface area (Å²) in [6, 6.07) is 8.05. The number of phenols is 1. The number of nitriles is 1. The van der Waals surface area contributed by atoms with Crippen LogP contribution >= 0.6 is 11.8 Å². The first-order chi connectivity index (χ1) is 10.1. The van der Waals surface area contributed by atoms with Gasteiger partial charge in [-0.25, -0.2) is 5.43 Å². The molecule has 8 heteroatoms. The molecular formula is C13H10N4O3S. The molecule has 106 valence electrons. The summed E-state index contributed by atoms with van der Waals surface area (Å²) >= 11 is 1.07. The number of carbonyl (C=O) groups excluding carboxylic acids is 2. The van der Waals surface area contributed by atoms with Gasteiger partial charge in [0.1, 0.15) is 12.2 Å². The molecule has 1 aromatic rings. The van der Waals surface area contributed by atoms with Gasteiger partial charge in [0.05, 0.1) is 11.0 Å². The van der Waals surface area contributed by atoms with E-state index in [4.69, 9.17) is 5.26 Å². The van der Waals surface area contributed by atoms with Gasteiger partial charge in [0.15, 0.2) is 5.17 Å². The number of hydrogen-bond acceptors (Lipinski definition) is 6. The summed E-state index contributed by atoms with van der Waals surface area (Å²) in [5.74, 6) is -0.736. The largest absolute Gasteiger partial charge is 0.508 e. The third-order valence-electron chi connectivity index (χ3n) is 2.36. The Hall–Kier alpha value is -2.79. The van der Waals surface area contributed by atoms with Crippen LogP contribution in [0, 0.1) is 11.3 Å². The molecule has 0 saturated carbocycles. The minimum absolute atomic E-state index is 0.142. The molecule has 7 nitrogen and oxygen atoms in total. The van der Waals surface area contributed by atoms with Gasteiger partial charge in [-0.15, -0.1) is 5.10 Å². The van der Waals surface area contributed by atoms with Gasteiger partial charge in [0, 0.05) is 0 Å². The SMILES string of the molecule is N#CCC(=O)N/N=C1/NC(=O)/C(=C/c2ccc(O)cc2)S1. The molecule has 0 aliphatic carbocycles. The molecule has 0 aromatic heterocycles. The van der Waals surface area contributed by atoms with Crippen molar-refractivity contribution in [3.63, 3.8) is 0 Å². The van der Waals surface area contributed by atoms with Gasteiger partial charge in [0.25, 0.3) is 11.8 Å². The van der Waals surface area contributed by atoms with Crippen molar-refractivity contribution in [3.8, 4) is 11.8 Å². The lowest BCUT2D eigenvalue weighted by atomic mass is 10.2. The molecular weight excluding hydrogens is 292 g/mol. The Bertz CT molecular complexity index is 674. The lowest BCUT2D eigenvalue weighted by Crippen LogP contribution is -2.24. The van der Waals surface area contributed by atoms with Crippen LogP contribution in [-0.4, -0.2) is 22.1 Å². The van der Waals surface area contributed by atoms with Crippen molar-refractivity contribution in [2.75, 3.05) is 0 Å². The predicted octanol–water partition coefficient (Wildman–Crippen LogP) is 0.897. The lowest BCUT2D eigenvalue weighted by Gasteiger charge is -1.96. The van der Waals surface area contributed by atoms with Crippen molar-refractivity contribution >= 4 is 34.8 Å². The molecule has 3 N–H and O–H groups in total. The van der Waals surface area contributed by atoms with Crippen LogP contribution in [0.25, 0.3) is 6.08 Å². The maximum Gasteiger partial charge on any atom is 0.264 e. The van der Waals surface area contributed by atoms with Gasteiger partial charge in [-0.2, -0.15) is 5.26 Å². The van der Waals surface area contributed by atoms with Crippen molar-refractivity contribution in [2.24, 2.45) is 5.10 Å². The van der Waals surface area contributed by atoms with Crippen molar-refractivity contribution in [1.82, 2.24) is 10.7 Å². The number of carbonyl (C=O) groups is 2. The highest BCUT2D eigenvalue weighted by Crippen LogP contribution is 2.26. The first-order valence-corrected chi connectivity index (χ1v) is 6.63. The summed E-state index contributed by atoms with van der Waals surface area (Å²) in [6.07, 6.45) is 1.34. The zero-order valence-corrected chi connectivity index (χ0v) is 11.5. The zero-order valence-electron chi connectivity index (χ0n) is 10.7. The highest BCUT2D eigenvalue weighted by atomic mass is 32.2. The Labute approximate surface area is 124 Å². The summed E-state index contributed by atoms with van der Waals surface area (Å²) in [7, 11) is 0. The zero-order chi connectivity index (χ0) is 15.2. The van der Waals surface area contributed by atoms with Gasteiger partial charge in [-0.3, -0.25) is 14.9 Å². The Morgan fingerprint density at radius 3 is 2.86 bits per heavy atom. The third-order valence-corrected chi connectivity index (χ3v) is 3.27. The smallest absolute Gasteiger partial charge is 0.264 e. The second-order valence-electron chi connectivity index (χ2n) is 3.94. The molecule has 2 rings (SSSR count). The number of amides is 2. The molecule has 0 spiro atoms. The highest BCUT2D eigenvalue weighted by molar-refractivity contribution is 8.18. The maximum absolute atomic E-state index is 11.7. The number of nitrogens with one attached hydrogen (secondary N) is 2. The molecule has 1 heterocycles. The number of phenolic OH excluding ortho intramolecular Hbond substituents is 1. The summed E-state index contributed by atoms with van der Waals surface area (Å²) in [5, 5.41) is 24.0. The number of hydrazone groups is 1. The van der Waals surface area contributed by atoms with Crippen LogP contribution < -0.4 is 10.7 Å². The van der Waals surface area contributed by atoms with Gasteiger partial charge in [-0.1, -0.05) is 12.1 Å². The quantitative estimate of drug-likeness (QED) is 0.567. The van der Waals surface area contributed by atoms with Gasteiger partial charge in [-0.05, 0) is 35.5 Å². The van der Waals surface area contributed by atoms with Crippen molar-refractivity contribution < 1.29 is 14.7 Å². The molecule has 2 amide bonds. The number of benzene rings is 1. The molecule has 0 unspecified atom stereocenters. The van der Waals surface area contributed by atoms with E-state index in [-0.39, 0.29) is 23.2 Å². The Balaban J connectivity index is 2.06. The van der Waals surface area contributed by atoms with E-state index in [0.29, 0.717) is 4.91 Å². The van der Waals surface area contributed by atoms with Crippen LogP contribution in [0.3, 0.4) is 0 Å². The minimum atomic E-state index is -0.546. The Kier molecular flexibility index (Phi) is 4.58. The molecule has 1 aliphatic rings. The second kappa shape index (κ2) is 6.58. The van der Waals surface area contributed by atoms with E-state index in [9.17, 15) is 14.7 Å². The predicted molar refractivity (Wildman–Crippen MR) is 77.6 cm³/mol. The standard InChI is InChI=1S/C13H10N4O3S/c14-6-5-11(19)16-17-13-15-12(20)10(21-13)7-8-1-3-9(18)4-2-8/h1-4,7,18H,5H2,(H,16,19)(H,15,17,20)/b10-7-. The van der Waals surface area contributed by atoms with E-state index in [1.807, 2.05) is 0 Å². The van der Waals surface area contributed by atoms with Crippen LogP contribution in [0.2, 0.25) is 0 Å². The lowest BCUT2D eigenvalue weighted by molar-refractivity contribution is -0.120. The molecule has 21 heavy (non-hydrogen) atoms. The normalized spacial score (nSPS) is 17.6. The number of hydrogen-bond donors (Lipinski definition) is 3. The Morgan fingerprint density at radius 2 is 2.19 bits per heavy atom. The van der Waals surface area contributed by atoms with Crippen molar-refractivity contribution in [2.45, 2.75) is 6.42 Å². The van der Waals surface area contributed by atoms with E-state index in [1.54, 1.807) is 24.3 Å². The van der Waals surface area contributed by atoms with E-state index in [2.05, 4.69) is 15.8 Å². The number of amidine groups is 1. The van der Waals surface area contributed by atoms with Gasteiger partial charge >= 0.3 is 0 Å². The fourth-order valence-electron chi connectivity index (χ4n) is 1.43. The summed E-state index contributed by atoms with van der Waals surface area (Å²) < 4.78 is 0. The molecule has 0 radical (unpaired) electrons. The average molecular weight is 302 g/mol. The van der Waals surface area contributed by atoms with Crippen LogP contribution in [0.15, 0.2) is 34.3 Å². The first kappa shape index (κ1) is 14.6. The summed E-state index contributed by atoms with van der Waals surface area (Å²) in [5.41, 5.74) is 2.92. The molecule has 1 saturated heterocycles. The fraction of sp³-hybridized carbons (Fsp3) is 0.0769. The summed E-state index contributed by atoms with van der Waals surface area (Å²) in [4.78, 5) is 23.2. The topological polar surface area (TPSA) is 115 Å². The minimum Gasteiger partial charge on any atom is -0.508 e. The van der Waals surface area contributed by atoms with Crippen molar-refractivity contribution in [3.05, 3.63) is 34.7 Å². The Morgan fingerprint density at radius 1 is 1.48 bits per heavy atom. The van der Waals surface area contributed by atoms with E-state index >= 15 is 0 Å². The fourth-order valence-corrected chi connectivity index (χ4v) is 2.21. The number of rotatable bonds is 3. The molecule has 1 aromatic carbocycles. The highest BCUT2D eigenvalue weighted by Gasteiger charge is 2.24. The second-order valence-corrected chi connectivity index (χ2v) is 4.97. The first-order valence-electron chi connectivity index (χ1n) is 5.82. The molecule has 1 fully saturated rings. The van der Waals surface area contributed by atoms with E-state index in [1.165, 1.54) is 12.1 Å². The average Bonchev–Trinajstić information content (AvgIpc) is 2.80. The van der Waals surface area contributed by atoms with Crippen LogP contribution in [0.4, 0.5) is 0 Å². The number of thioether (sulfide) groups is 1. The van der Waals surface area contributed by atoms with Crippen molar-refractivity contribution in [1.29, 1.82) is 5.26 Å². The maximum atomic E-state index is 11.7. The van der Waals surface area contributed by atoms with E-state index in [0.717, 1.165) is 17.3 Å². The monoisotopic (exact) mass is 302 g/mol. The van der Waals surface area contributed by atoms with Gasteiger partial charge < -0.3 is 5.11 Å². The summed E-state index contributed by atoms with van der Waals surface area (Å²) in [6.45, 7) is 0. The number of nitrogens with zero attached hydrogens (tertiary/aromatic N) is 2. The van der Waals surface area contributed by atoms with Crippen LogP contribution in [0.1, 0.15) is 12.0 Å². The third kappa shape index (κ3) is 4.09.